The molecule has 0 unspecified atom stereocenters. The predicted molar refractivity (Wildman–Crippen MR) is 89.8 cm³/mol. The van der Waals surface area contributed by atoms with Gasteiger partial charge in [-0.05, 0) is 42.9 Å². The highest BCUT2D eigenvalue weighted by Gasteiger charge is 2.18. The van der Waals surface area contributed by atoms with Gasteiger partial charge in [0.15, 0.2) is 0 Å². The average molecular weight is 370 g/mol. The van der Waals surface area contributed by atoms with Crippen molar-refractivity contribution in [1.82, 2.24) is 4.72 Å². The Morgan fingerprint density at radius 1 is 1.21 bits per heavy atom. The molecule has 0 aliphatic carbocycles. The molecule has 0 amide bonds. The van der Waals surface area contributed by atoms with Gasteiger partial charge in [0.25, 0.3) is 0 Å². The molecule has 0 heterocycles. The third-order valence-electron chi connectivity index (χ3n) is 3.24. The van der Waals surface area contributed by atoms with E-state index in [1.807, 2.05) is 0 Å². The van der Waals surface area contributed by atoms with E-state index in [1.54, 1.807) is 31.4 Å². The number of hydrogen-bond donors (Lipinski definition) is 1. The molecule has 1 N–H and O–H groups in total. The molecular weight excluding hydrogens is 354 g/mol. The van der Waals surface area contributed by atoms with Crippen LogP contribution in [0.1, 0.15) is 15.9 Å². The van der Waals surface area contributed by atoms with Gasteiger partial charge >= 0.3 is 5.97 Å². The van der Waals surface area contributed by atoms with Gasteiger partial charge in [-0.1, -0.05) is 23.7 Å². The Balaban J connectivity index is 2.19. The van der Waals surface area contributed by atoms with Gasteiger partial charge in [0, 0.05) is 0 Å². The van der Waals surface area contributed by atoms with E-state index in [4.69, 9.17) is 21.1 Å². The molecular formula is C16H16ClNO5S. The number of benzene rings is 2. The number of rotatable bonds is 6. The summed E-state index contributed by atoms with van der Waals surface area (Å²) >= 11 is 5.98. The minimum atomic E-state index is -3.68. The molecule has 8 heteroatoms. The zero-order chi connectivity index (χ0) is 17.7. The van der Waals surface area contributed by atoms with Crippen molar-refractivity contribution in [1.29, 1.82) is 0 Å². The number of ether oxygens (including phenoxy) is 2. The molecule has 0 saturated heterocycles. The first kappa shape index (κ1) is 18.3. The minimum absolute atomic E-state index is 0.00929. The van der Waals surface area contributed by atoms with Crippen LogP contribution in [0, 0.1) is 0 Å². The number of hydrogen-bond acceptors (Lipinski definition) is 5. The highest BCUT2D eigenvalue weighted by Crippen LogP contribution is 2.22. The Bertz CT molecular complexity index is 851. The number of halogens is 1. The zero-order valence-corrected chi connectivity index (χ0v) is 14.6. The zero-order valence-electron chi connectivity index (χ0n) is 13.1. The molecule has 0 saturated carbocycles. The van der Waals surface area contributed by atoms with Gasteiger partial charge in [-0.25, -0.2) is 17.9 Å². The van der Waals surface area contributed by atoms with Crippen LogP contribution >= 0.6 is 11.6 Å². The number of sulfonamides is 1. The topological polar surface area (TPSA) is 81.7 Å². The van der Waals surface area contributed by atoms with Gasteiger partial charge in [0.2, 0.25) is 10.0 Å². The third-order valence-corrected chi connectivity index (χ3v) is 4.98. The van der Waals surface area contributed by atoms with E-state index in [1.165, 1.54) is 25.2 Å². The summed E-state index contributed by atoms with van der Waals surface area (Å²) in [6, 6.07) is 10.9. The fraction of sp³-hybridized carbons (Fsp3) is 0.188. The maximum Gasteiger partial charge on any atom is 0.340 e. The van der Waals surface area contributed by atoms with Gasteiger partial charge in [-0.3, -0.25) is 0 Å². The number of carbonyl (C=O) groups excluding carboxylic acids is 1. The van der Waals surface area contributed by atoms with Gasteiger partial charge in [-0.2, -0.15) is 0 Å². The smallest absolute Gasteiger partial charge is 0.340 e. The molecule has 0 radical (unpaired) electrons. The number of nitrogens with one attached hydrogen (secondary N) is 1. The van der Waals surface area contributed by atoms with Crippen molar-refractivity contribution in [2.24, 2.45) is 0 Å². The van der Waals surface area contributed by atoms with E-state index in [0.717, 1.165) is 5.56 Å². The van der Waals surface area contributed by atoms with Crippen molar-refractivity contribution in [3.05, 3.63) is 58.6 Å². The number of carbonyl (C=O) groups is 1. The second-order valence-electron chi connectivity index (χ2n) is 4.78. The van der Waals surface area contributed by atoms with E-state index < -0.39 is 16.0 Å². The van der Waals surface area contributed by atoms with Crippen LogP contribution in [-0.4, -0.2) is 28.5 Å². The van der Waals surface area contributed by atoms with Crippen molar-refractivity contribution in [2.75, 3.05) is 14.2 Å². The molecule has 128 valence electrons. The van der Waals surface area contributed by atoms with E-state index in [0.29, 0.717) is 5.75 Å². The summed E-state index contributed by atoms with van der Waals surface area (Å²) in [7, 11) is -0.857. The van der Waals surface area contributed by atoms with Crippen molar-refractivity contribution < 1.29 is 22.7 Å². The van der Waals surface area contributed by atoms with Crippen LogP contribution in [0.25, 0.3) is 0 Å². The second kappa shape index (κ2) is 7.65. The Hall–Kier alpha value is -2.09. The fourth-order valence-electron chi connectivity index (χ4n) is 1.93. The molecule has 2 aromatic rings. The van der Waals surface area contributed by atoms with Crippen LogP contribution < -0.4 is 9.46 Å². The summed E-state index contributed by atoms with van der Waals surface area (Å²) in [5.74, 6) is -0.0698. The monoisotopic (exact) mass is 369 g/mol. The number of methoxy groups -OCH3 is 1. The first-order valence-electron chi connectivity index (χ1n) is 6.90. The summed E-state index contributed by atoms with van der Waals surface area (Å²) in [5, 5.41) is 0.112. The SMILES string of the molecule is CNS(=O)(=O)c1ccc(Cl)c(C(=O)OCc2cccc(OC)c2)c1. The lowest BCUT2D eigenvalue weighted by atomic mass is 10.2. The van der Waals surface area contributed by atoms with Crippen LogP contribution in [0.3, 0.4) is 0 Å². The minimum Gasteiger partial charge on any atom is -0.497 e. The van der Waals surface area contributed by atoms with E-state index in [2.05, 4.69) is 4.72 Å². The lowest BCUT2D eigenvalue weighted by Gasteiger charge is -2.09. The van der Waals surface area contributed by atoms with Crippen LogP contribution in [0.2, 0.25) is 5.02 Å². The predicted octanol–water partition coefficient (Wildman–Crippen LogP) is 2.61. The molecule has 0 aromatic heterocycles. The Morgan fingerprint density at radius 3 is 2.62 bits per heavy atom. The molecule has 2 rings (SSSR count). The average Bonchev–Trinajstić information content (AvgIpc) is 2.60. The Labute approximate surface area is 145 Å². The van der Waals surface area contributed by atoms with Gasteiger partial charge in [0.05, 0.1) is 22.6 Å². The normalized spacial score (nSPS) is 11.1. The largest absolute Gasteiger partial charge is 0.497 e. The highest BCUT2D eigenvalue weighted by molar-refractivity contribution is 7.89. The Kier molecular flexibility index (Phi) is 5.82. The van der Waals surface area contributed by atoms with Gasteiger partial charge < -0.3 is 9.47 Å². The standard InChI is InChI=1S/C16H16ClNO5S/c1-18-24(20,21)13-6-7-15(17)14(9-13)16(19)23-10-11-4-3-5-12(8-11)22-2/h3-9,18H,10H2,1-2H3. The quantitative estimate of drug-likeness (QED) is 0.791. The fourth-order valence-corrected chi connectivity index (χ4v) is 2.89. The van der Waals surface area contributed by atoms with Gasteiger partial charge in [0.1, 0.15) is 12.4 Å². The molecule has 0 aliphatic heterocycles. The summed E-state index contributed by atoms with van der Waals surface area (Å²) in [5.41, 5.74) is 0.716. The third kappa shape index (κ3) is 4.25. The van der Waals surface area contributed by atoms with E-state index in [9.17, 15) is 13.2 Å². The summed E-state index contributed by atoms with van der Waals surface area (Å²) in [4.78, 5) is 12.1. The summed E-state index contributed by atoms with van der Waals surface area (Å²) in [6.45, 7) is 0.00929. The lowest BCUT2D eigenvalue weighted by Crippen LogP contribution is -2.19. The first-order valence-corrected chi connectivity index (χ1v) is 8.76. The van der Waals surface area contributed by atoms with E-state index >= 15 is 0 Å². The van der Waals surface area contributed by atoms with Crippen molar-refractivity contribution >= 4 is 27.6 Å². The van der Waals surface area contributed by atoms with Crippen LogP contribution in [-0.2, 0) is 21.4 Å². The summed E-state index contributed by atoms with van der Waals surface area (Å²) < 4.78 is 36.1. The van der Waals surface area contributed by atoms with Gasteiger partial charge in [-0.15, -0.1) is 0 Å². The molecule has 0 spiro atoms. The number of esters is 1. The van der Waals surface area contributed by atoms with Crippen molar-refractivity contribution in [3.8, 4) is 5.75 Å². The lowest BCUT2D eigenvalue weighted by molar-refractivity contribution is 0.0472. The molecule has 0 atom stereocenters. The molecule has 6 nitrogen and oxygen atoms in total. The van der Waals surface area contributed by atoms with Crippen LogP contribution in [0.15, 0.2) is 47.4 Å². The summed E-state index contributed by atoms with van der Waals surface area (Å²) in [6.07, 6.45) is 0. The van der Waals surface area contributed by atoms with Crippen LogP contribution in [0.5, 0.6) is 5.75 Å². The van der Waals surface area contributed by atoms with Crippen molar-refractivity contribution in [3.63, 3.8) is 0 Å². The highest BCUT2D eigenvalue weighted by atomic mass is 35.5. The molecule has 24 heavy (non-hydrogen) atoms. The van der Waals surface area contributed by atoms with Crippen LogP contribution in [0.4, 0.5) is 0 Å². The Morgan fingerprint density at radius 2 is 1.96 bits per heavy atom. The molecule has 0 fully saturated rings. The maximum atomic E-state index is 12.2. The van der Waals surface area contributed by atoms with Crippen molar-refractivity contribution in [2.45, 2.75) is 11.5 Å². The second-order valence-corrected chi connectivity index (χ2v) is 7.07. The van der Waals surface area contributed by atoms with E-state index in [-0.39, 0.29) is 22.1 Å². The molecule has 0 bridgehead atoms. The molecule has 0 aliphatic rings. The molecule has 2 aromatic carbocycles. The maximum absolute atomic E-state index is 12.2. The first-order chi connectivity index (χ1) is 11.4.